The molecule has 4 nitrogen and oxygen atoms in total. The van der Waals surface area contributed by atoms with Crippen LogP contribution in [-0.2, 0) is 6.18 Å². The lowest BCUT2D eigenvalue weighted by molar-refractivity contribution is -0.137. The Labute approximate surface area is 105 Å². The van der Waals surface area contributed by atoms with Crippen LogP contribution >= 0.6 is 0 Å². The maximum absolute atomic E-state index is 12.4. The minimum Gasteiger partial charge on any atom is -0.475 e. The Morgan fingerprint density at radius 1 is 1.26 bits per heavy atom. The number of halogens is 3. The van der Waals surface area contributed by atoms with Gasteiger partial charge in [-0.3, -0.25) is 0 Å². The van der Waals surface area contributed by atoms with Gasteiger partial charge in [-0.15, -0.1) is 0 Å². The highest BCUT2D eigenvalue weighted by Crippen LogP contribution is 2.31. The fourth-order valence-corrected chi connectivity index (χ4v) is 1.66. The highest BCUT2D eigenvalue weighted by molar-refractivity contribution is 5.84. The Balaban J connectivity index is 2.40. The molecule has 0 spiro atoms. The molecule has 1 aromatic carbocycles. The van der Waals surface area contributed by atoms with Crippen molar-refractivity contribution in [3.8, 4) is 11.3 Å². The van der Waals surface area contributed by atoms with Crippen LogP contribution in [0.3, 0.4) is 0 Å². The van der Waals surface area contributed by atoms with Crippen LogP contribution < -0.4 is 0 Å². The van der Waals surface area contributed by atoms with Crippen molar-refractivity contribution in [2.45, 2.75) is 13.1 Å². The standard InChI is InChI=1S/C12H9F3N2O2/c1-6-9(17-10(16-6)11(18)19)7-2-4-8(5-3-7)12(13,14)15/h2-5H,1H3,(H,16,17)(H,18,19). The molecule has 1 aromatic heterocycles. The number of alkyl halides is 3. The normalized spacial score (nSPS) is 11.6. The molecule has 0 amide bonds. The van der Waals surface area contributed by atoms with Gasteiger partial charge in [0.2, 0.25) is 5.82 Å². The van der Waals surface area contributed by atoms with Crippen LogP contribution in [0.25, 0.3) is 11.3 Å². The van der Waals surface area contributed by atoms with E-state index in [1.807, 2.05) is 0 Å². The van der Waals surface area contributed by atoms with Gasteiger partial charge < -0.3 is 10.1 Å². The van der Waals surface area contributed by atoms with E-state index in [4.69, 9.17) is 5.11 Å². The van der Waals surface area contributed by atoms with Gasteiger partial charge in [0.15, 0.2) is 0 Å². The molecule has 2 aromatic rings. The molecule has 100 valence electrons. The molecule has 0 bridgehead atoms. The van der Waals surface area contributed by atoms with Crippen LogP contribution in [0.15, 0.2) is 24.3 Å². The first-order chi connectivity index (χ1) is 8.79. The van der Waals surface area contributed by atoms with Crippen molar-refractivity contribution in [1.29, 1.82) is 0 Å². The number of carboxylic acid groups (broad SMARTS) is 1. The summed E-state index contributed by atoms with van der Waals surface area (Å²) in [6.45, 7) is 1.60. The van der Waals surface area contributed by atoms with Gasteiger partial charge in [0.1, 0.15) is 0 Å². The lowest BCUT2D eigenvalue weighted by atomic mass is 10.1. The smallest absolute Gasteiger partial charge is 0.416 e. The third-order valence-corrected chi connectivity index (χ3v) is 2.57. The molecule has 0 radical (unpaired) electrons. The molecule has 0 atom stereocenters. The quantitative estimate of drug-likeness (QED) is 0.881. The molecule has 2 rings (SSSR count). The summed E-state index contributed by atoms with van der Waals surface area (Å²) in [6, 6.07) is 4.39. The summed E-state index contributed by atoms with van der Waals surface area (Å²) in [5, 5.41) is 8.78. The minimum atomic E-state index is -4.40. The summed E-state index contributed by atoms with van der Waals surface area (Å²) < 4.78 is 37.2. The van der Waals surface area contributed by atoms with Gasteiger partial charge in [-0.05, 0) is 19.1 Å². The number of rotatable bonds is 2. The van der Waals surface area contributed by atoms with Crippen LogP contribution in [0.1, 0.15) is 21.9 Å². The number of aryl methyl sites for hydroxylation is 1. The lowest BCUT2D eigenvalue weighted by Gasteiger charge is -2.06. The van der Waals surface area contributed by atoms with Crippen LogP contribution in [0.4, 0.5) is 13.2 Å². The largest absolute Gasteiger partial charge is 0.475 e. The van der Waals surface area contributed by atoms with E-state index in [1.54, 1.807) is 6.92 Å². The topological polar surface area (TPSA) is 66.0 Å². The molecule has 0 aliphatic carbocycles. The van der Waals surface area contributed by atoms with Crippen molar-refractivity contribution in [1.82, 2.24) is 9.97 Å². The Morgan fingerprint density at radius 3 is 2.26 bits per heavy atom. The molecule has 19 heavy (non-hydrogen) atoms. The second kappa shape index (κ2) is 4.42. The number of hydrogen-bond acceptors (Lipinski definition) is 2. The fourth-order valence-electron chi connectivity index (χ4n) is 1.66. The highest BCUT2D eigenvalue weighted by atomic mass is 19.4. The van der Waals surface area contributed by atoms with Gasteiger partial charge in [0.25, 0.3) is 0 Å². The molecule has 0 aliphatic heterocycles. The number of H-pyrrole nitrogens is 1. The van der Waals surface area contributed by atoms with Crippen LogP contribution in [0.2, 0.25) is 0 Å². The van der Waals surface area contributed by atoms with E-state index in [9.17, 15) is 18.0 Å². The molecular weight excluding hydrogens is 261 g/mol. The van der Waals surface area contributed by atoms with Gasteiger partial charge in [-0.2, -0.15) is 13.2 Å². The average molecular weight is 270 g/mol. The van der Waals surface area contributed by atoms with E-state index >= 15 is 0 Å². The van der Waals surface area contributed by atoms with Gasteiger partial charge in [0, 0.05) is 11.3 Å². The monoisotopic (exact) mass is 270 g/mol. The summed E-state index contributed by atoms with van der Waals surface area (Å²) >= 11 is 0. The number of nitrogens with zero attached hydrogens (tertiary/aromatic N) is 1. The van der Waals surface area contributed by atoms with Crippen LogP contribution in [0.5, 0.6) is 0 Å². The number of aromatic carboxylic acids is 1. The van der Waals surface area contributed by atoms with Crippen molar-refractivity contribution >= 4 is 5.97 Å². The summed E-state index contributed by atoms with van der Waals surface area (Å²) in [5.74, 6) is -1.46. The predicted octanol–water partition coefficient (Wildman–Crippen LogP) is 3.10. The second-order valence-corrected chi connectivity index (χ2v) is 3.94. The zero-order valence-electron chi connectivity index (χ0n) is 9.75. The maximum atomic E-state index is 12.4. The van der Waals surface area contributed by atoms with Gasteiger partial charge >= 0.3 is 12.1 Å². The van der Waals surface area contributed by atoms with E-state index in [0.29, 0.717) is 17.0 Å². The number of hydrogen-bond donors (Lipinski definition) is 2. The molecule has 0 saturated heterocycles. The van der Waals surface area contributed by atoms with E-state index in [2.05, 4.69) is 9.97 Å². The molecule has 0 fully saturated rings. The fraction of sp³-hybridized carbons (Fsp3) is 0.167. The van der Waals surface area contributed by atoms with E-state index in [1.165, 1.54) is 12.1 Å². The number of nitrogens with one attached hydrogen (secondary N) is 1. The predicted molar refractivity (Wildman–Crippen MR) is 60.7 cm³/mol. The molecule has 7 heteroatoms. The van der Waals surface area contributed by atoms with Crippen molar-refractivity contribution in [3.63, 3.8) is 0 Å². The Bertz CT molecular complexity index is 615. The molecule has 0 saturated carbocycles. The summed E-state index contributed by atoms with van der Waals surface area (Å²) in [6.07, 6.45) is -4.40. The van der Waals surface area contributed by atoms with Crippen LogP contribution in [0, 0.1) is 6.92 Å². The lowest BCUT2D eigenvalue weighted by Crippen LogP contribution is -2.04. The number of benzene rings is 1. The first-order valence-corrected chi connectivity index (χ1v) is 5.26. The number of aromatic nitrogens is 2. The van der Waals surface area contributed by atoms with E-state index < -0.39 is 17.7 Å². The SMILES string of the molecule is Cc1[nH]c(C(=O)O)nc1-c1ccc(C(F)(F)F)cc1. The number of carbonyl (C=O) groups is 1. The molecule has 1 heterocycles. The third-order valence-electron chi connectivity index (χ3n) is 2.57. The molecule has 2 N–H and O–H groups in total. The number of imidazole rings is 1. The number of aromatic amines is 1. The maximum Gasteiger partial charge on any atom is 0.416 e. The Hall–Kier alpha value is -2.31. The van der Waals surface area contributed by atoms with Crippen molar-refractivity contribution in [3.05, 3.63) is 41.3 Å². The zero-order valence-corrected chi connectivity index (χ0v) is 9.75. The summed E-state index contributed by atoms with van der Waals surface area (Å²) in [5.41, 5.74) is 0.473. The van der Waals surface area contributed by atoms with Crippen molar-refractivity contribution in [2.75, 3.05) is 0 Å². The Kier molecular flexibility index (Phi) is 3.05. The van der Waals surface area contributed by atoms with E-state index in [-0.39, 0.29) is 5.82 Å². The van der Waals surface area contributed by atoms with Crippen molar-refractivity contribution in [2.24, 2.45) is 0 Å². The van der Waals surface area contributed by atoms with Gasteiger partial charge in [-0.25, -0.2) is 9.78 Å². The first kappa shape index (κ1) is 13.1. The number of carboxylic acids is 1. The minimum absolute atomic E-state index is 0.243. The first-order valence-electron chi connectivity index (χ1n) is 5.26. The molecular formula is C12H9F3N2O2. The summed E-state index contributed by atoms with van der Waals surface area (Å²) in [4.78, 5) is 17.1. The highest BCUT2D eigenvalue weighted by Gasteiger charge is 2.30. The zero-order chi connectivity index (χ0) is 14.2. The second-order valence-electron chi connectivity index (χ2n) is 3.94. The third kappa shape index (κ3) is 2.59. The average Bonchev–Trinajstić information content (AvgIpc) is 2.70. The van der Waals surface area contributed by atoms with Crippen molar-refractivity contribution < 1.29 is 23.1 Å². The van der Waals surface area contributed by atoms with E-state index in [0.717, 1.165) is 12.1 Å². The molecule has 0 aliphatic rings. The van der Waals surface area contributed by atoms with Gasteiger partial charge in [0.05, 0.1) is 11.3 Å². The van der Waals surface area contributed by atoms with Crippen LogP contribution in [-0.4, -0.2) is 21.0 Å². The Morgan fingerprint density at radius 2 is 1.84 bits per heavy atom. The van der Waals surface area contributed by atoms with Gasteiger partial charge in [-0.1, -0.05) is 12.1 Å². The molecule has 0 unspecified atom stereocenters. The summed E-state index contributed by atoms with van der Waals surface area (Å²) in [7, 11) is 0.